The van der Waals surface area contributed by atoms with Crippen molar-refractivity contribution >= 4 is 62.7 Å². The number of nitrogens with zero attached hydrogens (tertiary/aromatic N) is 6. The number of pyridine rings is 2. The monoisotopic (exact) mass is 822 g/mol. The van der Waals surface area contributed by atoms with Gasteiger partial charge < -0.3 is 29.1 Å². The minimum Gasteiger partial charge on any atom is -0.439 e. The van der Waals surface area contributed by atoms with Crippen LogP contribution in [0.4, 0.5) is 34.1 Å². The van der Waals surface area contributed by atoms with Crippen LogP contribution >= 0.6 is 7.53 Å². The molecule has 8 aromatic rings. The summed E-state index contributed by atoms with van der Waals surface area (Å²) in [5.74, 6) is 2.41. The number of benzene rings is 5. The molecule has 0 radical (unpaired) electrons. The van der Waals surface area contributed by atoms with E-state index in [-0.39, 0.29) is 10.8 Å². The molecule has 0 amide bonds. The van der Waals surface area contributed by atoms with Gasteiger partial charge in [0.2, 0.25) is 11.8 Å². The molecule has 0 saturated heterocycles. The number of hydrogen-bond acceptors (Lipinski definition) is 8. The Bertz CT molecular complexity index is 2790. The number of anilines is 6. The maximum Gasteiger partial charge on any atom is 0.219 e. The van der Waals surface area contributed by atoms with Crippen molar-refractivity contribution in [1.29, 1.82) is 0 Å². The first kappa shape index (κ1) is 38.7. The van der Waals surface area contributed by atoms with Crippen LogP contribution in [-0.4, -0.2) is 37.4 Å². The molecular formula is C52H51N6O2P. The van der Waals surface area contributed by atoms with E-state index in [1.165, 1.54) is 55.1 Å². The zero-order valence-electron chi connectivity index (χ0n) is 36.1. The van der Waals surface area contributed by atoms with E-state index in [2.05, 4.69) is 194 Å². The molecule has 5 heterocycles. The molecule has 0 unspecified atom stereocenters. The van der Waals surface area contributed by atoms with Crippen LogP contribution in [0.1, 0.15) is 52.7 Å². The summed E-state index contributed by atoms with van der Waals surface area (Å²) in [6, 6.07) is 45.9. The molecule has 10 rings (SSSR count). The number of aromatic nitrogens is 2. The van der Waals surface area contributed by atoms with E-state index in [9.17, 15) is 0 Å². The highest BCUT2D eigenvalue weighted by Gasteiger charge is 2.28. The van der Waals surface area contributed by atoms with Gasteiger partial charge in [0, 0.05) is 71.6 Å². The van der Waals surface area contributed by atoms with Crippen LogP contribution in [0, 0.1) is 0 Å². The average molecular weight is 823 g/mol. The summed E-state index contributed by atoms with van der Waals surface area (Å²) in [7, 11) is 3.22. The van der Waals surface area contributed by atoms with Crippen LogP contribution in [-0.2, 0) is 10.8 Å². The lowest BCUT2D eigenvalue weighted by Gasteiger charge is -2.21. The molecule has 306 valence electrons. The van der Waals surface area contributed by atoms with Crippen molar-refractivity contribution in [2.75, 3.05) is 47.0 Å². The second-order valence-corrected chi connectivity index (χ2v) is 20.5. The lowest BCUT2D eigenvalue weighted by Crippen LogP contribution is -2.23. The van der Waals surface area contributed by atoms with Gasteiger partial charge in [0.15, 0.2) is 0 Å². The minimum atomic E-state index is -1.10. The zero-order valence-corrected chi connectivity index (χ0v) is 37.0. The first-order chi connectivity index (χ1) is 29.3. The van der Waals surface area contributed by atoms with Crippen molar-refractivity contribution in [1.82, 2.24) is 9.97 Å². The summed E-state index contributed by atoms with van der Waals surface area (Å²) in [6.07, 6.45) is 3.66. The van der Waals surface area contributed by atoms with Crippen molar-refractivity contribution in [2.24, 2.45) is 0 Å². The van der Waals surface area contributed by atoms with E-state index in [1.807, 2.05) is 30.6 Å². The Labute approximate surface area is 359 Å². The summed E-state index contributed by atoms with van der Waals surface area (Å²) in [5.41, 5.74) is 9.40. The maximum absolute atomic E-state index is 6.73. The van der Waals surface area contributed by atoms with Crippen LogP contribution in [0.5, 0.6) is 23.3 Å². The molecule has 61 heavy (non-hydrogen) atoms. The van der Waals surface area contributed by atoms with Crippen LogP contribution in [0.25, 0.3) is 26.3 Å². The Morgan fingerprint density at radius 2 is 0.918 bits per heavy atom. The van der Waals surface area contributed by atoms with Gasteiger partial charge in [-0.15, -0.1) is 0 Å². The highest BCUT2D eigenvalue weighted by Crippen LogP contribution is 2.59. The molecule has 0 saturated carbocycles. The predicted octanol–water partition coefficient (Wildman–Crippen LogP) is 14.0. The number of fused-ring (bicyclic) bond motifs is 5. The summed E-state index contributed by atoms with van der Waals surface area (Å²) >= 11 is 0. The number of rotatable bonds is 7. The van der Waals surface area contributed by atoms with E-state index in [0.717, 1.165) is 29.8 Å². The Morgan fingerprint density at radius 1 is 0.492 bits per heavy atom. The van der Waals surface area contributed by atoms with Gasteiger partial charge in [0.25, 0.3) is 0 Å². The number of hydrogen-bond donors (Lipinski definition) is 0. The quantitative estimate of drug-likeness (QED) is 0.158. The predicted molar refractivity (Wildman–Crippen MR) is 255 cm³/mol. The highest BCUT2D eigenvalue weighted by molar-refractivity contribution is 7.68. The van der Waals surface area contributed by atoms with Crippen molar-refractivity contribution in [2.45, 2.75) is 52.4 Å². The standard InChI is InChI=1S/C52H51N6O2P/c1-51(2,3)34-21-23-53-49(25-34)59-38-29-39(60-50-26-35(22-24-54-50)52(4,5)6)31-40(30-38)61-47-27-36(57-32-55(7)43-13-9-11-15-45(43)57)17-19-41(47)42-20-18-37(28-48(42)61)58-33-56(8)44-14-10-12-16-46(44)58/h9-31H,32-33H2,1-8H3. The van der Waals surface area contributed by atoms with Crippen LogP contribution in [0.3, 0.4) is 0 Å². The van der Waals surface area contributed by atoms with Gasteiger partial charge >= 0.3 is 0 Å². The maximum atomic E-state index is 6.73. The van der Waals surface area contributed by atoms with Crippen molar-refractivity contribution in [3.8, 4) is 28.6 Å². The third-order valence-corrected chi connectivity index (χ3v) is 14.5. The molecule has 0 bridgehead atoms. The van der Waals surface area contributed by atoms with E-state index in [0.29, 0.717) is 23.3 Å². The van der Waals surface area contributed by atoms with Gasteiger partial charge in [0.1, 0.15) is 11.5 Å². The highest BCUT2D eigenvalue weighted by atomic mass is 31.1. The van der Waals surface area contributed by atoms with Crippen molar-refractivity contribution < 1.29 is 9.47 Å². The molecule has 2 aliphatic rings. The van der Waals surface area contributed by atoms with E-state index < -0.39 is 7.53 Å². The van der Waals surface area contributed by atoms with Crippen LogP contribution < -0.4 is 29.1 Å². The summed E-state index contributed by atoms with van der Waals surface area (Å²) < 4.78 is 13.5. The average Bonchev–Trinajstić information content (AvgIpc) is 3.88. The number of para-hydroxylation sites is 4. The summed E-state index contributed by atoms with van der Waals surface area (Å²) in [5, 5.41) is 6.23. The fraction of sp³-hybridized carbons (Fsp3) is 0.231. The van der Waals surface area contributed by atoms with Gasteiger partial charge in [-0.1, -0.05) is 85.5 Å². The van der Waals surface area contributed by atoms with Gasteiger partial charge in [-0.3, -0.25) is 0 Å². The van der Waals surface area contributed by atoms with E-state index in [1.54, 1.807) is 0 Å². The zero-order chi connectivity index (χ0) is 42.2. The van der Waals surface area contributed by atoms with Crippen LogP contribution in [0.2, 0.25) is 0 Å². The molecule has 0 N–H and O–H groups in total. The van der Waals surface area contributed by atoms with E-state index in [4.69, 9.17) is 9.47 Å². The Balaban J connectivity index is 1.19. The molecular weight excluding hydrogens is 772 g/mol. The van der Waals surface area contributed by atoms with Crippen molar-refractivity contribution in [3.63, 3.8) is 0 Å². The first-order valence-corrected chi connectivity index (χ1v) is 22.3. The van der Waals surface area contributed by atoms with Crippen LogP contribution in [0.15, 0.2) is 140 Å². The molecule has 0 fully saturated rings. The van der Waals surface area contributed by atoms with Gasteiger partial charge in [-0.05, 0) is 106 Å². The van der Waals surface area contributed by atoms with Gasteiger partial charge in [-0.25, -0.2) is 9.97 Å². The Hall–Kier alpha value is -6.50. The first-order valence-electron chi connectivity index (χ1n) is 21.0. The third-order valence-electron chi connectivity index (χ3n) is 12.0. The largest absolute Gasteiger partial charge is 0.439 e. The second-order valence-electron chi connectivity index (χ2n) is 18.4. The molecule has 9 heteroatoms. The SMILES string of the molecule is CN1CN(c2ccc3c4ccc(N5CN(C)c6ccccc65)cc4p(-c4cc(Oc5cc(C(C)(C)C)ccn5)cc(Oc5cc(C(C)(C)C)ccn5)c4)c3c2)c2ccccc21. The molecule has 3 aromatic heterocycles. The topological polar surface area (TPSA) is 57.2 Å². The Morgan fingerprint density at radius 3 is 1.34 bits per heavy atom. The fourth-order valence-electron chi connectivity index (χ4n) is 8.72. The smallest absolute Gasteiger partial charge is 0.219 e. The van der Waals surface area contributed by atoms with Crippen molar-refractivity contribution in [3.05, 3.63) is 151 Å². The number of ether oxygens (including phenoxy) is 2. The lowest BCUT2D eigenvalue weighted by atomic mass is 9.88. The van der Waals surface area contributed by atoms with Gasteiger partial charge in [0.05, 0.1) is 36.1 Å². The third kappa shape index (κ3) is 7.09. The molecule has 0 aliphatic carbocycles. The van der Waals surface area contributed by atoms with E-state index >= 15 is 0 Å². The molecule has 8 nitrogen and oxygen atoms in total. The van der Waals surface area contributed by atoms with Gasteiger partial charge in [-0.2, -0.15) is 0 Å². The second kappa shape index (κ2) is 14.6. The normalized spacial score (nSPS) is 14.0. The molecule has 2 aliphatic heterocycles. The summed E-state index contributed by atoms with van der Waals surface area (Å²) in [4.78, 5) is 18.8. The lowest BCUT2D eigenvalue weighted by molar-refractivity contribution is 0.439. The Kier molecular flexibility index (Phi) is 9.26. The summed E-state index contributed by atoms with van der Waals surface area (Å²) in [6.45, 7) is 14.8. The molecule has 0 spiro atoms. The minimum absolute atomic E-state index is 0.0633. The fourth-order valence-corrected chi connectivity index (χ4v) is 11.4. The molecule has 5 aromatic carbocycles. The molecule has 0 atom stereocenters.